The number of methoxy groups -OCH3 is 1. The molecule has 0 spiro atoms. The average Bonchev–Trinajstić information content (AvgIpc) is 3.50. The molecule has 12 heteroatoms. The summed E-state index contributed by atoms with van der Waals surface area (Å²) in [6.45, 7) is 9.16. The van der Waals surface area contributed by atoms with Gasteiger partial charge in [-0.15, -0.1) is 0 Å². The van der Waals surface area contributed by atoms with Crippen molar-refractivity contribution in [3.05, 3.63) is 46.5 Å². The second-order valence-corrected chi connectivity index (χ2v) is 11.0. The second-order valence-electron chi connectivity index (χ2n) is 11.0. The molecule has 0 saturated heterocycles. The number of ether oxygens (including phenoxy) is 2. The van der Waals surface area contributed by atoms with Crippen molar-refractivity contribution >= 4 is 35.0 Å². The van der Waals surface area contributed by atoms with Crippen LogP contribution in [0.15, 0.2) is 35.4 Å². The van der Waals surface area contributed by atoms with Gasteiger partial charge < -0.3 is 24.7 Å². The number of nitrogens with one attached hydrogen (secondary N) is 2. The normalized spacial score (nSPS) is 17.4. The number of nitrogens with zero attached hydrogens (tertiary/aromatic N) is 5. The maximum atomic E-state index is 13.3. The van der Waals surface area contributed by atoms with E-state index in [0.29, 0.717) is 11.5 Å². The molecule has 2 N–H and O–H groups in total. The highest BCUT2D eigenvalue weighted by Crippen LogP contribution is 2.26. The van der Waals surface area contributed by atoms with E-state index in [-0.39, 0.29) is 46.7 Å². The third-order valence-electron chi connectivity index (χ3n) is 6.56. The van der Waals surface area contributed by atoms with Crippen LogP contribution >= 0.6 is 0 Å². The maximum absolute atomic E-state index is 13.3. The highest BCUT2D eigenvalue weighted by Gasteiger charge is 2.29. The van der Waals surface area contributed by atoms with E-state index in [9.17, 15) is 14.4 Å². The smallest absolute Gasteiger partial charge is 0.415 e. The lowest BCUT2D eigenvalue weighted by molar-refractivity contribution is 0.0587. The molecule has 210 valence electrons. The fraction of sp³-hybridized carbons (Fsp3) is 0.519. The molecule has 3 heterocycles. The molecule has 0 aromatic carbocycles. The zero-order valence-electron chi connectivity index (χ0n) is 23.5. The Morgan fingerprint density at radius 3 is 2.62 bits per heavy atom. The van der Waals surface area contributed by atoms with Gasteiger partial charge in [-0.2, -0.15) is 9.61 Å². The molecule has 0 bridgehead atoms. The van der Waals surface area contributed by atoms with Gasteiger partial charge in [0.15, 0.2) is 5.65 Å². The number of anilines is 3. The van der Waals surface area contributed by atoms with Crippen LogP contribution in [0.4, 0.5) is 22.1 Å². The van der Waals surface area contributed by atoms with Gasteiger partial charge in [0.2, 0.25) is 0 Å². The fourth-order valence-electron chi connectivity index (χ4n) is 4.53. The molecule has 1 aliphatic rings. The number of hydrogen-bond donors (Lipinski definition) is 2. The van der Waals surface area contributed by atoms with E-state index in [4.69, 9.17) is 9.47 Å². The Labute approximate surface area is 227 Å². The van der Waals surface area contributed by atoms with Crippen molar-refractivity contribution in [3.8, 4) is 0 Å². The molecule has 2 atom stereocenters. The van der Waals surface area contributed by atoms with Gasteiger partial charge in [0.25, 0.3) is 11.5 Å². The number of rotatable bonds is 7. The van der Waals surface area contributed by atoms with Crippen LogP contribution in [0.3, 0.4) is 0 Å². The Hall–Kier alpha value is -3.93. The Morgan fingerprint density at radius 2 is 1.97 bits per heavy atom. The highest BCUT2D eigenvalue weighted by molar-refractivity contribution is 6.00. The first-order valence-corrected chi connectivity index (χ1v) is 13.0. The quantitative estimate of drug-likeness (QED) is 0.462. The SMILES string of the molecule is COC1CCC(NC(=O)c2cnn3c(N(C)C(=O)OC(C)(C)C)cc(Nc4cccn(C(C)C)c4=O)nc23)C1. The summed E-state index contributed by atoms with van der Waals surface area (Å²) in [6.07, 6.45) is 5.05. The van der Waals surface area contributed by atoms with E-state index in [1.54, 1.807) is 63.9 Å². The minimum atomic E-state index is -0.721. The lowest BCUT2D eigenvalue weighted by Crippen LogP contribution is -2.35. The van der Waals surface area contributed by atoms with Crippen LogP contribution in [0.25, 0.3) is 5.65 Å². The molecule has 0 aliphatic heterocycles. The van der Waals surface area contributed by atoms with Gasteiger partial charge in [-0.3, -0.25) is 14.5 Å². The minimum Gasteiger partial charge on any atom is -0.443 e. The van der Waals surface area contributed by atoms with Crippen LogP contribution in [0.2, 0.25) is 0 Å². The van der Waals surface area contributed by atoms with E-state index < -0.39 is 11.7 Å². The average molecular weight is 540 g/mol. The molecule has 12 nitrogen and oxygen atoms in total. The van der Waals surface area contributed by atoms with Crippen LogP contribution in [0.1, 0.15) is 70.3 Å². The predicted octanol–water partition coefficient (Wildman–Crippen LogP) is 3.88. The van der Waals surface area contributed by atoms with Crippen LogP contribution < -0.4 is 21.1 Å². The molecule has 1 aliphatic carbocycles. The van der Waals surface area contributed by atoms with E-state index in [2.05, 4.69) is 20.7 Å². The molecule has 4 rings (SSSR count). The monoisotopic (exact) mass is 539 g/mol. The first-order chi connectivity index (χ1) is 18.4. The fourth-order valence-corrected chi connectivity index (χ4v) is 4.53. The number of amides is 2. The lowest BCUT2D eigenvalue weighted by atomic mass is 10.2. The number of carbonyl (C=O) groups is 2. The summed E-state index contributed by atoms with van der Waals surface area (Å²) in [7, 11) is 3.22. The molecular weight excluding hydrogens is 502 g/mol. The van der Waals surface area contributed by atoms with Crippen LogP contribution in [0, 0.1) is 0 Å². The van der Waals surface area contributed by atoms with Crippen molar-refractivity contribution in [2.45, 2.75) is 77.7 Å². The number of pyridine rings is 1. The first-order valence-electron chi connectivity index (χ1n) is 13.0. The van der Waals surface area contributed by atoms with Gasteiger partial charge >= 0.3 is 6.09 Å². The zero-order valence-corrected chi connectivity index (χ0v) is 23.5. The molecule has 39 heavy (non-hydrogen) atoms. The van der Waals surface area contributed by atoms with Gasteiger partial charge in [-0.05, 0) is 66.0 Å². The van der Waals surface area contributed by atoms with Crippen LogP contribution in [-0.2, 0) is 9.47 Å². The van der Waals surface area contributed by atoms with E-state index in [1.807, 2.05) is 13.8 Å². The van der Waals surface area contributed by atoms with Crippen molar-refractivity contribution in [2.24, 2.45) is 0 Å². The third-order valence-corrected chi connectivity index (χ3v) is 6.56. The molecule has 1 saturated carbocycles. The van der Waals surface area contributed by atoms with Gasteiger partial charge in [0.1, 0.15) is 28.5 Å². The first kappa shape index (κ1) is 28.1. The van der Waals surface area contributed by atoms with Crippen molar-refractivity contribution in [1.29, 1.82) is 0 Å². The van der Waals surface area contributed by atoms with Gasteiger partial charge in [-0.25, -0.2) is 9.78 Å². The Balaban J connectivity index is 1.75. The third kappa shape index (κ3) is 6.22. The summed E-state index contributed by atoms with van der Waals surface area (Å²) in [5.74, 6) is 0.238. The summed E-state index contributed by atoms with van der Waals surface area (Å²) >= 11 is 0. The highest BCUT2D eigenvalue weighted by atomic mass is 16.6. The van der Waals surface area contributed by atoms with E-state index in [0.717, 1.165) is 19.3 Å². The largest absolute Gasteiger partial charge is 0.443 e. The number of aromatic nitrogens is 4. The van der Waals surface area contributed by atoms with E-state index >= 15 is 0 Å². The Kier molecular flexibility index (Phi) is 7.96. The van der Waals surface area contributed by atoms with Crippen molar-refractivity contribution < 1.29 is 19.1 Å². The second kappa shape index (κ2) is 11.0. The lowest BCUT2D eigenvalue weighted by Gasteiger charge is -2.25. The summed E-state index contributed by atoms with van der Waals surface area (Å²) in [5.41, 5.74) is -0.177. The topological polar surface area (TPSA) is 132 Å². The molecule has 3 aromatic heterocycles. The van der Waals surface area contributed by atoms with Crippen molar-refractivity contribution in [2.75, 3.05) is 24.4 Å². The van der Waals surface area contributed by atoms with Gasteiger partial charge in [0, 0.05) is 38.5 Å². The van der Waals surface area contributed by atoms with Crippen LogP contribution in [0.5, 0.6) is 0 Å². The molecule has 2 unspecified atom stereocenters. The molecule has 3 aromatic rings. The summed E-state index contributed by atoms with van der Waals surface area (Å²) in [6, 6.07) is 4.93. The van der Waals surface area contributed by atoms with Gasteiger partial charge in [0.05, 0.1) is 12.3 Å². The standard InChI is InChI=1S/C27H37N7O5/c1-16(2)33-12-8-9-20(25(33)36)30-21-14-22(32(6)26(37)39-27(3,4)5)34-23(31-21)19(15-28-34)24(35)29-17-10-11-18(13-17)38-7/h8-9,12,14-18H,10-11,13H2,1-7H3,(H,29,35)(H,30,31). The summed E-state index contributed by atoms with van der Waals surface area (Å²) in [5, 5.41) is 10.5. The predicted molar refractivity (Wildman–Crippen MR) is 148 cm³/mol. The molecule has 1 fully saturated rings. The maximum Gasteiger partial charge on any atom is 0.415 e. The van der Waals surface area contributed by atoms with E-state index in [1.165, 1.54) is 15.6 Å². The van der Waals surface area contributed by atoms with Crippen LogP contribution in [-0.4, -0.2) is 63.1 Å². The number of fused-ring (bicyclic) bond motifs is 1. The Bertz CT molecular complexity index is 1420. The van der Waals surface area contributed by atoms with Crippen molar-refractivity contribution in [1.82, 2.24) is 24.5 Å². The summed E-state index contributed by atoms with van der Waals surface area (Å²) in [4.78, 5) is 45.2. The van der Waals surface area contributed by atoms with Gasteiger partial charge in [-0.1, -0.05) is 0 Å². The molecule has 0 radical (unpaired) electrons. The summed E-state index contributed by atoms with van der Waals surface area (Å²) < 4.78 is 14.0. The molecule has 2 amide bonds. The minimum absolute atomic E-state index is 0.0264. The Morgan fingerprint density at radius 1 is 1.23 bits per heavy atom. The zero-order chi connectivity index (χ0) is 28.5. The number of carbonyl (C=O) groups excluding carboxylic acids is 2. The van der Waals surface area contributed by atoms with Crippen molar-refractivity contribution in [3.63, 3.8) is 0 Å². The molecular formula is C27H37N7O5. The number of hydrogen-bond acceptors (Lipinski definition) is 8.